The zero-order valence-electron chi connectivity index (χ0n) is 16.6. The second-order valence-corrected chi connectivity index (χ2v) is 9.09. The molecule has 0 radical (unpaired) electrons. The Hall–Kier alpha value is -2.52. The van der Waals surface area contributed by atoms with Gasteiger partial charge in [0.05, 0.1) is 29.5 Å². The predicted octanol–water partition coefficient (Wildman–Crippen LogP) is 3.82. The van der Waals surface area contributed by atoms with Gasteiger partial charge in [0.15, 0.2) is 0 Å². The minimum Gasteiger partial charge on any atom is -0.496 e. The summed E-state index contributed by atoms with van der Waals surface area (Å²) in [4.78, 5) is 32.1. The summed E-state index contributed by atoms with van der Waals surface area (Å²) in [7, 11) is 1.59. The zero-order chi connectivity index (χ0) is 21.3. The van der Waals surface area contributed by atoms with Crippen molar-refractivity contribution in [2.45, 2.75) is 38.6 Å². The number of methoxy groups -OCH3 is 1. The highest BCUT2D eigenvalue weighted by Crippen LogP contribution is 2.33. The number of hydrogen-bond acceptors (Lipinski definition) is 6. The lowest BCUT2D eigenvalue weighted by atomic mass is 9.97. The average molecular weight is 489 g/mol. The molecule has 1 aliphatic carbocycles. The van der Waals surface area contributed by atoms with Crippen LogP contribution < -0.4 is 15.7 Å². The van der Waals surface area contributed by atoms with Crippen molar-refractivity contribution in [3.63, 3.8) is 0 Å². The number of nitrogens with one attached hydrogen (secondary N) is 1. The number of hydrogen-bond donors (Lipinski definition) is 1. The highest BCUT2D eigenvalue weighted by molar-refractivity contribution is 9.10. The van der Waals surface area contributed by atoms with Gasteiger partial charge in [-0.1, -0.05) is 0 Å². The Morgan fingerprint density at radius 2 is 2.20 bits per heavy atom. The van der Waals surface area contributed by atoms with Gasteiger partial charge in [0.25, 0.3) is 11.5 Å². The van der Waals surface area contributed by atoms with Crippen molar-refractivity contribution in [1.82, 2.24) is 15.0 Å². The van der Waals surface area contributed by atoms with E-state index in [1.807, 2.05) is 12.1 Å². The summed E-state index contributed by atoms with van der Waals surface area (Å²) in [6.07, 6.45) is 7.13. The molecule has 0 spiro atoms. The Bertz CT molecular complexity index is 1200. The van der Waals surface area contributed by atoms with Crippen LogP contribution >= 0.6 is 27.3 Å². The van der Waals surface area contributed by atoms with E-state index in [2.05, 4.69) is 31.4 Å². The smallest absolute Gasteiger partial charge is 0.263 e. The first-order valence-corrected chi connectivity index (χ1v) is 11.3. The first kappa shape index (κ1) is 20.7. The lowest BCUT2D eigenvalue weighted by Crippen LogP contribution is -2.34. The Kier molecular flexibility index (Phi) is 6.01. The maximum atomic E-state index is 13.1. The van der Waals surface area contributed by atoms with Crippen LogP contribution in [0.3, 0.4) is 0 Å². The molecule has 2 aromatic heterocycles. The Balaban J connectivity index is 1.52. The number of carbonyl (C=O) groups is 1. The number of carbonyl (C=O) groups excluding carboxylic acids is 1. The maximum absolute atomic E-state index is 13.1. The van der Waals surface area contributed by atoms with Crippen molar-refractivity contribution in [1.29, 1.82) is 0 Å². The minimum atomic E-state index is -0.728. The average Bonchev–Trinajstić information content (AvgIpc) is 3.13. The van der Waals surface area contributed by atoms with Crippen LogP contribution in [-0.4, -0.2) is 28.8 Å². The van der Waals surface area contributed by atoms with Gasteiger partial charge in [-0.05, 0) is 77.9 Å². The topological polar surface area (TPSA) is 85.6 Å². The van der Waals surface area contributed by atoms with E-state index in [-0.39, 0.29) is 11.5 Å². The number of aryl methyl sites for hydroxylation is 2. The Labute approximate surface area is 185 Å². The summed E-state index contributed by atoms with van der Waals surface area (Å²) in [5.74, 6) is 0.328. The van der Waals surface area contributed by atoms with Crippen molar-refractivity contribution in [2.24, 2.45) is 5.10 Å². The molecule has 2 heterocycles. The van der Waals surface area contributed by atoms with Gasteiger partial charge in [-0.2, -0.15) is 5.10 Å². The van der Waals surface area contributed by atoms with E-state index >= 15 is 0 Å². The highest BCUT2D eigenvalue weighted by atomic mass is 79.9. The zero-order valence-corrected chi connectivity index (χ0v) is 19.0. The number of halogens is 1. The number of ether oxygens (including phenoxy) is 1. The third-order valence-electron chi connectivity index (χ3n) is 5.26. The van der Waals surface area contributed by atoms with E-state index in [9.17, 15) is 9.59 Å². The Morgan fingerprint density at radius 3 is 2.97 bits per heavy atom. The normalized spacial score (nSPS) is 14.6. The summed E-state index contributed by atoms with van der Waals surface area (Å²) in [5, 5.41) is 4.69. The van der Waals surface area contributed by atoms with Crippen molar-refractivity contribution in [2.75, 3.05) is 7.11 Å². The molecule has 1 aromatic carbocycles. The molecule has 0 saturated carbocycles. The largest absolute Gasteiger partial charge is 0.496 e. The summed E-state index contributed by atoms with van der Waals surface area (Å²) in [5.41, 5.74) is 4.25. The van der Waals surface area contributed by atoms with Gasteiger partial charge in [-0.15, -0.1) is 11.3 Å². The van der Waals surface area contributed by atoms with Gasteiger partial charge in [-0.25, -0.2) is 10.4 Å². The SMILES string of the molecule is COc1ccc(C=NNC(=O)[C@H](C)n2cnc3sc4c(c3c2=O)CCCC4)cc1Br. The molecule has 0 fully saturated rings. The van der Waals surface area contributed by atoms with E-state index in [1.165, 1.54) is 22.0 Å². The molecule has 0 unspecified atom stereocenters. The van der Waals surface area contributed by atoms with Crippen LogP contribution in [-0.2, 0) is 17.6 Å². The Morgan fingerprint density at radius 1 is 1.40 bits per heavy atom. The van der Waals surface area contributed by atoms with Crippen molar-refractivity contribution < 1.29 is 9.53 Å². The van der Waals surface area contributed by atoms with Crippen LogP contribution in [0.4, 0.5) is 0 Å². The fraction of sp³-hybridized carbons (Fsp3) is 0.333. The number of benzene rings is 1. The lowest BCUT2D eigenvalue weighted by molar-refractivity contribution is -0.123. The first-order chi connectivity index (χ1) is 14.5. The highest BCUT2D eigenvalue weighted by Gasteiger charge is 2.23. The molecular formula is C21H21BrN4O3S. The van der Waals surface area contributed by atoms with E-state index < -0.39 is 6.04 Å². The van der Waals surface area contributed by atoms with Gasteiger partial charge >= 0.3 is 0 Å². The van der Waals surface area contributed by atoms with Gasteiger partial charge in [-0.3, -0.25) is 14.2 Å². The second kappa shape index (κ2) is 8.69. The summed E-state index contributed by atoms with van der Waals surface area (Å²) in [6.45, 7) is 1.67. The van der Waals surface area contributed by atoms with Crippen molar-refractivity contribution >= 4 is 49.6 Å². The summed E-state index contributed by atoms with van der Waals surface area (Å²) in [6, 6.07) is 4.73. The molecule has 9 heteroatoms. The maximum Gasteiger partial charge on any atom is 0.263 e. The summed E-state index contributed by atoms with van der Waals surface area (Å²) < 4.78 is 7.37. The number of thiophene rings is 1. The fourth-order valence-electron chi connectivity index (χ4n) is 3.59. The van der Waals surface area contributed by atoms with Gasteiger partial charge in [0, 0.05) is 4.88 Å². The molecule has 1 N–H and O–H groups in total. The molecule has 0 saturated heterocycles. The van der Waals surface area contributed by atoms with Gasteiger partial charge < -0.3 is 4.74 Å². The molecule has 156 valence electrons. The monoisotopic (exact) mass is 488 g/mol. The third-order valence-corrected chi connectivity index (χ3v) is 7.08. The lowest BCUT2D eigenvalue weighted by Gasteiger charge is -2.14. The standard InChI is InChI=1S/C21H21BrN4O3S/c1-12(19(27)25-24-10-13-7-8-16(29-2)15(22)9-13)26-11-23-20-18(21(26)28)14-5-3-4-6-17(14)30-20/h7-12H,3-6H2,1-2H3,(H,25,27)/t12-/m0/s1. The molecule has 1 atom stereocenters. The second-order valence-electron chi connectivity index (χ2n) is 7.15. The quantitative estimate of drug-likeness (QED) is 0.436. The number of aromatic nitrogens is 2. The van der Waals surface area contributed by atoms with E-state index in [0.29, 0.717) is 11.1 Å². The molecule has 4 rings (SSSR count). The van der Waals surface area contributed by atoms with E-state index in [0.717, 1.165) is 46.1 Å². The van der Waals surface area contributed by atoms with Crippen molar-refractivity contribution in [3.8, 4) is 5.75 Å². The molecule has 0 aliphatic heterocycles. The molecule has 0 bridgehead atoms. The molecule has 30 heavy (non-hydrogen) atoms. The van der Waals surface area contributed by atoms with Crippen LogP contribution in [0.5, 0.6) is 5.75 Å². The van der Waals surface area contributed by atoms with E-state index in [4.69, 9.17) is 4.74 Å². The molecule has 3 aromatic rings. The minimum absolute atomic E-state index is 0.162. The number of nitrogens with zero attached hydrogens (tertiary/aromatic N) is 3. The number of fused-ring (bicyclic) bond motifs is 3. The first-order valence-electron chi connectivity index (χ1n) is 9.67. The third kappa shape index (κ3) is 3.91. The number of hydrazone groups is 1. The van der Waals surface area contributed by atoms with Gasteiger partial charge in [0.2, 0.25) is 0 Å². The van der Waals surface area contributed by atoms with Crippen LogP contribution in [0.25, 0.3) is 10.2 Å². The van der Waals surface area contributed by atoms with Crippen LogP contribution in [0.15, 0.2) is 38.9 Å². The van der Waals surface area contributed by atoms with Crippen molar-refractivity contribution in [3.05, 3.63) is 55.4 Å². The number of rotatable bonds is 5. The summed E-state index contributed by atoms with van der Waals surface area (Å²) >= 11 is 5.01. The van der Waals surface area contributed by atoms with Crippen LogP contribution in [0.2, 0.25) is 0 Å². The molecule has 1 aliphatic rings. The van der Waals surface area contributed by atoms with Crippen LogP contribution in [0, 0.1) is 0 Å². The van der Waals surface area contributed by atoms with E-state index in [1.54, 1.807) is 31.4 Å². The molecule has 7 nitrogen and oxygen atoms in total. The fourth-order valence-corrected chi connectivity index (χ4v) is 5.37. The van der Waals surface area contributed by atoms with Gasteiger partial charge in [0.1, 0.15) is 16.6 Å². The van der Waals surface area contributed by atoms with Crippen LogP contribution in [0.1, 0.15) is 41.8 Å². The molecular weight excluding hydrogens is 468 g/mol. The molecule has 1 amide bonds. The number of amides is 1. The predicted molar refractivity (Wildman–Crippen MR) is 122 cm³/mol.